The van der Waals surface area contributed by atoms with Crippen LogP contribution in [0, 0.1) is 0 Å². The minimum absolute atomic E-state index is 0.145. The van der Waals surface area contributed by atoms with E-state index in [0.29, 0.717) is 19.4 Å². The van der Waals surface area contributed by atoms with E-state index in [1.54, 1.807) is 6.20 Å². The Morgan fingerprint density at radius 3 is 3.00 bits per heavy atom. The molecule has 1 rings (SSSR count). The van der Waals surface area contributed by atoms with Gasteiger partial charge in [-0.1, -0.05) is 6.92 Å². The van der Waals surface area contributed by atoms with Crippen LogP contribution in [0.4, 0.5) is 0 Å². The van der Waals surface area contributed by atoms with Gasteiger partial charge in [0.1, 0.15) is 12.4 Å². The Bertz CT molecular complexity index is 307. The maximum absolute atomic E-state index is 11.4. The van der Waals surface area contributed by atoms with E-state index >= 15 is 0 Å². The van der Waals surface area contributed by atoms with Gasteiger partial charge >= 0.3 is 0 Å². The van der Waals surface area contributed by atoms with Crippen LogP contribution in [0.25, 0.3) is 0 Å². The highest BCUT2D eigenvalue weighted by Crippen LogP contribution is 1.99. The number of ether oxygens (including phenoxy) is 1. The van der Waals surface area contributed by atoms with Gasteiger partial charge in [-0.05, 0) is 6.42 Å². The standard InChI is InChI=1S/C11H18N2O2/c1-3-8-15-9-10(14)4-5-11-12-6-7-13(11)2/h6-7H,3-5,8-9H2,1-2H3. The molecule has 0 N–H and O–H groups in total. The highest BCUT2D eigenvalue weighted by molar-refractivity contribution is 5.79. The quantitative estimate of drug-likeness (QED) is 0.638. The Hall–Kier alpha value is -1.16. The van der Waals surface area contributed by atoms with Crippen molar-refractivity contribution >= 4 is 5.78 Å². The number of Topliss-reactive ketones (excluding diaryl/α,β-unsaturated/α-hetero) is 1. The fourth-order valence-corrected chi connectivity index (χ4v) is 1.29. The molecular weight excluding hydrogens is 192 g/mol. The maximum Gasteiger partial charge on any atom is 0.158 e. The Labute approximate surface area is 90.3 Å². The van der Waals surface area contributed by atoms with Crippen LogP contribution in [0.3, 0.4) is 0 Å². The first-order valence-corrected chi connectivity index (χ1v) is 5.29. The first kappa shape index (κ1) is 11.9. The highest BCUT2D eigenvalue weighted by Gasteiger charge is 2.05. The first-order valence-electron chi connectivity index (χ1n) is 5.29. The number of nitrogens with zero attached hydrogens (tertiary/aromatic N) is 2. The SMILES string of the molecule is CCCOCC(=O)CCc1nccn1C. The molecule has 1 aromatic rings. The van der Waals surface area contributed by atoms with Gasteiger partial charge in [-0.2, -0.15) is 0 Å². The van der Waals surface area contributed by atoms with Crippen molar-refractivity contribution in [1.82, 2.24) is 9.55 Å². The Morgan fingerprint density at radius 2 is 2.40 bits per heavy atom. The number of rotatable bonds is 7. The second kappa shape index (κ2) is 6.35. The van der Waals surface area contributed by atoms with E-state index in [2.05, 4.69) is 4.98 Å². The van der Waals surface area contributed by atoms with Crippen LogP contribution in [0.5, 0.6) is 0 Å². The molecule has 4 nitrogen and oxygen atoms in total. The predicted octanol–water partition coefficient (Wildman–Crippen LogP) is 1.35. The fraction of sp³-hybridized carbons (Fsp3) is 0.636. The Balaban J connectivity index is 2.20. The lowest BCUT2D eigenvalue weighted by atomic mass is 10.2. The summed E-state index contributed by atoms with van der Waals surface area (Å²) >= 11 is 0. The van der Waals surface area contributed by atoms with E-state index in [-0.39, 0.29) is 12.4 Å². The summed E-state index contributed by atoms with van der Waals surface area (Å²) in [5.74, 6) is 1.09. The van der Waals surface area contributed by atoms with E-state index < -0.39 is 0 Å². The van der Waals surface area contributed by atoms with Crippen LogP contribution >= 0.6 is 0 Å². The zero-order valence-electron chi connectivity index (χ0n) is 9.40. The largest absolute Gasteiger partial charge is 0.374 e. The van der Waals surface area contributed by atoms with Crippen molar-refractivity contribution in [3.63, 3.8) is 0 Å². The summed E-state index contributed by atoms with van der Waals surface area (Å²) < 4.78 is 7.10. The van der Waals surface area contributed by atoms with Crippen molar-refractivity contribution in [2.24, 2.45) is 7.05 Å². The predicted molar refractivity (Wildman–Crippen MR) is 57.6 cm³/mol. The van der Waals surface area contributed by atoms with Gasteiger partial charge in [-0.15, -0.1) is 0 Å². The number of imidazole rings is 1. The number of aromatic nitrogens is 2. The van der Waals surface area contributed by atoms with Crippen LogP contribution in [0.1, 0.15) is 25.6 Å². The maximum atomic E-state index is 11.4. The molecule has 1 aromatic heterocycles. The summed E-state index contributed by atoms with van der Waals surface area (Å²) in [6.07, 6.45) is 5.78. The molecule has 0 aromatic carbocycles. The number of hydrogen-bond donors (Lipinski definition) is 0. The molecule has 0 unspecified atom stereocenters. The topological polar surface area (TPSA) is 44.1 Å². The van der Waals surface area contributed by atoms with Crippen molar-refractivity contribution < 1.29 is 9.53 Å². The third kappa shape index (κ3) is 4.25. The molecule has 1 heterocycles. The number of carbonyl (C=O) groups excluding carboxylic acids is 1. The van der Waals surface area contributed by atoms with Crippen LogP contribution < -0.4 is 0 Å². The molecule has 4 heteroatoms. The van der Waals surface area contributed by atoms with Gasteiger partial charge in [0, 0.05) is 38.9 Å². The molecule has 0 radical (unpaired) electrons. The van der Waals surface area contributed by atoms with Crippen molar-refractivity contribution in [3.05, 3.63) is 18.2 Å². The van der Waals surface area contributed by atoms with Gasteiger partial charge in [-0.3, -0.25) is 4.79 Å². The highest BCUT2D eigenvalue weighted by atomic mass is 16.5. The second-order valence-corrected chi connectivity index (χ2v) is 3.55. The fourth-order valence-electron chi connectivity index (χ4n) is 1.29. The third-order valence-corrected chi connectivity index (χ3v) is 2.16. The summed E-state index contributed by atoms with van der Waals surface area (Å²) in [5.41, 5.74) is 0. The number of hydrogen-bond acceptors (Lipinski definition) is 3. The van der Waals surface area contributed by atoms with Crippen molar-refractivity contribution in [2.75, 3.05) is 13.2 Å². The van der Waals surface area contributed by atoms with E-state index in [0.717, 1.165) is 12.2 Å². The molecule has 0 aliphatic carbocycles. The van der Waals surface area contributed by atoms with Gasteiger partial charge in [0.05, 0.1) is 0 Å². The average Bonchev–Trinajstić information content (AvgIpc) is 2.61. The number of carbonyl (C=O) groups is 1. The lowest BCUT2D eigenvalue weighted by Crippen LogP contribution is -2.11. The van der Waals surface area contributed by atoms with Crippen molar-refractivity contribution in [1.29, 1.82) is 0 Å². The van der Waals surface area contributed by atoms with Crippen LogP contribution in [0.2, 0.25) is 0 Å². The first-order chi connectivity index (χ1) is 7.24. The van der Waals surface area contributed by atoms with Crippen molar-refractivity contribution in [3.8, 4) is 0 Å². The molecule has 0 saturated carbocycles. The minimum Gasteiger partial charge on any atom is -0.374 e. The molecule has 84 valence electrons. The van der Waals surface area contributed by atoms with Crippen molar-refractivity contribution in [2.45, 2.75) is 26.2 Å². The lowest BCUT2D eigenvalue weighted by Gasteiger charge is -2.02. The van der Waals surface area contributed by atoms with E-state index in [4.69, 9.17) is 4.74 Å². The summed E-state index contributed by atoms with van der Waals surface area (Å²) in [4.78, 5) is 15.5. The van der Waals surface area contributed by atoms with Crippen LogP contribution in [-0.4, -0.2) is 28.5 Å². The van der Waals surface area contributed by atoms with Gasteiger partial charge in [0.25, 0.3) is 0 Å². The second-order valence-electron chi connectivity index (χ2n) is 3.55. The van der Waals surface area contributed by atoms with E-state index in [9.17, 15) is 4.79 Å². The van der Waals surface area contributed by atoms with Crippen LogP contribution in [-0.2, 0) is 23.0 Å². The molecule has 0 saturated heterocycles. The van der Waals surface area contributed by atoms with E-state index in [1.807, 2.05) is 24.7 Å². The molecule has 15 heavy (non-hydrogen) atoms. The average molecular weight is 210 g/mol. The zero-order valence-corrected chi connectivity index (χ0v) is 9.40. The Kier molecular flexibility index (Phi) is 5.04. The van der Waals surface area contributed by atoms with Gasteiger partial charge in [0.2, 0.25) is 0 Å². The molecule has 0 spiro atoms. The lowest BCUT2D eigenvalue weighted by molar-refractivity contribution is -0.123. The minimum atomic E-state index is 0.145. The summed E-state index contributed by atoms with van der Waals surface area (Å²) in [5, 5.41) is 0. The van der Waals surface area contributed by atoms with Gasteiger partial charge in [-0.25, -0.2) is 4.98 Å². The normalized spacial score (nSPS) is 10.5. The molecular formula is C11H18N2O2. The zero-order chi connectivity index (χ0) is 11.1. The van der Waals surface area contributed by atoms with Gasteiger partial charge < -0.3 is 9.30 Å². The summed E-state index contributed by atoms with van der Waals surface area (Å²) in [6, 6.07) is 0. The molecule has 0 aliphatic rings. The number of ketones is 1. The van der Waals surface area contributed by atoms with Crippen LogP contribution in [0.15, 0.2) is 12.4 Å². The molecule has 0 aliphatic heterocycles. The number of aryl methyl sites for hydroxylation is 2. The Morgan fingerprint density at radius 1 is 1.60 bits per heavy atom. The summed E-state index contributed by atoms with van der Waals surface area (Å²) in [6.45, 7) is 2.92. The third-order valence-electron chi connectivity index (χ3n) is 2.16. The molecule has 0 fully saturated rings. The molecule has 0 bridgehead atoms. The smallest absolute Gasteiger partial charge is 0.158 e. The summed E-state index contributed by atoms with van der Waals surface area (Å²) in [7, 11) is 1.93. The van der Waals surface area contributed by atoms with Gasteiger partial charge in [0.15, 0.2) is 5.78 Å². The molecule has 0 atom stereocenters. The monoisotopic (exact) mass is 210 g/mol. The molecule has 0 amide bonds. The van der Waals surface area contributed by atoms with E-state index in [1.165, 1.54) is 0 Å².